The molecule has 1 heterocycles. The van der Waals surface area contributed by atoms with Crippen molar-refractivity contribution < 1.29 is 23.2 Å². The van der Waals surface area contributed by atoms with E-state index >= 15 is 0 Å². The van der Waals surface area contributed by atoms with Crippen molar-refractivity contribution in [3.8, 4) is 22.1 Å². The topological polar surface area (TPSA) is 157 Å². The van der Waals surface area contributed by atoms with E-state index in [-0.39, 0.29) is 28.6 Å². The first-order valence-electron chi connectivity index (χ1n) is 11.1. The molecule has 0 fully saturated rings. The lowest BCUT2D eigenvalue weighted by Crippen LogP contribution is -1.98. The molecule has 0 radical (unpaired) electrons. The molecule has 10 nitrogen and oxygen atoms in total. The number of benzene rings is 4. The largest absolute Gasteiger partial charge is 0.508 e. The highest BCUT2D eigenvalue weighted by atomic mass is 32.2. The van der Waals surface area contributed by atoms with Crippen molar-refractivity contribution >= 4 is 54.4 Å². The number of nitrogens with zero attached hydrogens (tertiary/aromatic N) is 5. The van der Waals surface area contributed by atoms with Gasteiger partial charge in [-0.15, -0.1) is 21.6 Å². The van der Waals surface area contributed by atoms with Gasteiger partial charge < -0.3 is 10.2 Å². The summed E-state index contributed by atoms with van der Waals surface area (Å²) in [6.45, 7) is 2.05. The fourth-order valence-electron chi connectivity index (χ4n) is 3.55. The highest BCUT2D eigenvalue weighted by Gasteiger charge is 2.17. The molecule has 190 valence electrons. The van der Waals surface area contributed by atoms with Crippen LogP contribution in [0.5, 0.6) is 11.5 Å². The molecule has 0 saturated carbocycles. The molecule has 0 saturated heterocycles. The van der Waals surface area contributed by atoms with E-state index in [1.807, 2.05) is 24.3 Å². The Bertz CT molecular complexity index is 1830. The molecule has 0 aliphatic heterocycles. The third-order valence-corrected chi connectivity index (χ3v) is 7.59. The molecule has 38 heavy (non-hydrogen) atoms. The van der Waals surface area contributed by atoms with E-state index in [4.69, 9.17) is 4.98 Å². The van der Waals surface area contributed by atoms with Gasteiger partial charge in [-0.1, -0.05) is 12.1 Å². The third-order valence-electron chi connectivity index (χ3n) is 5.45. The molecule has 4 aromatic carbocycles. The SMILES string of the molecule is Cc1cccc2nc(-c3ccc(N=Nc4ccc(N=Nc5ccc(O)cc5O)c(S(=O)(=O)O)c4)cc3)sc12. The van der Waals surface area contributed by atoms with Crippen molar-refractivity contribution in [2.24, 2.45) is 20.5 Å². The standard InChI is InChI=1S/C26H19N5O5S2/c1-15-3-2-4-22-25(15)37-26(27-22)16-5-7-17(8-6-16)28-29-18-9-11-21(24(13-18)38(34,35)36)31-30-20-12-10-19(32)14-23(20)33/h2-14,32-33H,1H3,(H,34,35,36). The van der Waals surface area contributed by atoms with Crippen LogP contribution in [0.1, 0.15) is 5.56 Å². The number of azo groups is 2. The Balaban J connectivity index is 1.38. The molecular formula is C26H19N5O5S2. The lowest BCUT2D eigenvalue weighted by Gasteiger charge is -2.03. The second-order valence-electron chi connectivity index (χ2n) is 8.19. The molecule has 0 aliphatic carbocycles. The normalized spacial score (nSPS) is 12.2. The molecule has 1 aromatic heterocycles. The molecule has 0 unspecified atom stereocenters. The molecular weight excluding hydrogens is 526 g/mol. The summed E-state index contributed by atoms with van der Waals surface area (Å²) in [7, 11) is -4.67. The highest BCUT2D eigenvalue weighted by Crippen LogP contribution is 2.35. The molecule has 0 spiro atoms. The minimum atomic E-state index is -4.67. The van der Waals surface area contributed by atoms with Gasteiger partial charge in [-0.3, -0.25) is 4.55 Å². The zero-order chi connectivity index (χ0) is 26.9. The van der Waals surface area contributed by atoms with E-state index < -0.39 is 15.0 Å². The van der Waals surface area contributed by atoms with Crippen LogP contribution in [0, 0.1) is 6.92 Å². The van der Waals surface area contributed by atoms with Crippen LogP contribution >= 0.6 is 11.3 Å². The monoisotopic (exact) mass is 545 g/mol. The molecule has 5 rings (SSSR count). The van der Waals surface area contributed by atoms with Crippen LogP contribution in [-0.4, -0.2) is 28.2 Å². The molecule has 0 atom stereocenters. The van der Waals surface area contributed by atoms with Crippen molar-refractivity contribution in [1.82, 2.24) is 4.98 Å². The Morgan fingerprint density at radius 3 is 2.18 bits per heavy atom. The van der Waals surface area contributed by atoms with Gasteiger partial charge in [0.1, 0.15) is 32.8 Å². The summed E-state index contributed by atoms with van der Waals surface area (Å²) < 4.78 is 34.7. The lowest BCUT2D eigenvalue weighted by molar-refractivity contribution is 0.451. The molecule has 3 N–H and O–H groups in total. The Kier molecular flexibility index (Phi) is 6.68. The minimum Gasteiger partial charge on any atom is -0.508 e. The van der Waals surface area contributed by atoms with Crippen molar-refractivity contribution in [2.75, 3.05) is 0 Å². The molecule has 12 heteroatoms. The van der Waals surface area contributed by atoms with E-state index in [0.29, 0.717) is 5.69 Å². The Morgan fingerprint density at radius 1 is 0.789 bits per heavy atom. The number of phenols is 2. The zero-order valence-corrected chi connectivity index (χ0v) is 21.3. The second kappa shape index (κ2) is 10.1. The number of aryl methyl sites for hydroxylation is 1. The number of hydrogen-bond acceptors (Lipinski definition) is 10. The highest BCUT2D eigenvalue weighted by molar-refractivity contribution is 7.86. The van der Waals surface area contributed by atoms with Crippen LogP contribution in [0.3, 0.4) is 0 Å². The maximum atomic E-state index is 12.0. The van der Waals surface area contributed by atoms with Crippen LogP contribution in [0.2, 0.25) is 0 Å². The summed E-state index contributed by atoms with van der Waals surface area (Å²) in [4.78, 5) is 4.16. The van der Waals surface area contributed by atoms with Gasteiger partial charge in [0.05, 0.1) is 21.6 Å². The zero-order valence-electron chi connectivity index (χ0n) is 19.7. The summed E-state index contributed by atoms with van der Waals surface area (Å²) in [5.74, 6) is -0.520. The van der Waals surface area contributed by atoms with E-state index in [1.54, 1.807) is 23.5 Å². The number of hydrogen-bond donors (Lipinski definition) is 3. The first kappa shape index (κ1) is 25.1. The third kappa shape index (κ3) is 5.42. The van der Waals surface area contributed by atoms with Crippen molar-refractivity contribution in [3.05, 3.63) is 84.4 Å². The maximum Gasteiger partial charge on any atom is 0.296 e. The molecule has 5 aromatic rings. The number of aromatic nitrogens is 1. The van der Waals surface area contributed by atoms with Gasteiger partial charge in [-0.2, -0.15) is 18.6 Å². The van der Waals surface area contributed by atoms with Gasteiger partial charge in [0.2, 0.25) is 0 Å². The fraction of sp³-hybridized carbons (Fsp3) is 0.0385. The molecule has 0 bridgehead atoms. The number of rotatable bonds is 6. The number of thiazole rings is 1. The maximum absolute atomic E-state index is 12.0. The number of phenolic OH excluding ortho intramolecular Hbond substituents is 2. The lowest BCUT2D eigenvalue weighted by atomic mass is 10.2. The summed E-state index contributed by atoms with van der Waals surface area (Å²) in [5.41, 5.74) is 3.58. The van der Waals surface area contributed by atoms with Gasteiger partial charge in [-0.05, 0) is 73.2 Å². The number of fused-ring (bicyclic) bond motifs is 1. The van der Waals surface area contributed by atoms with Crippen LogP contribution in [0.15, 0.2) is 104 Å². The Hall–Kier alpha value is -4.52. The smallest absolute Gasteiger partial charge is 0.296 e. The summed E-state index contributed by atoms with van der Waals surface area (Å²) in [6, 6.07) is 20.8. The van der Waals surface area contributed by atoms with E-state index in [9.17, 15) is 23.2 Å². The van der Waals surface area contributed by atoms with Crippen molar-refractivity contribution in [1.29, 1.82) is 0 Å². The van der Waals surface area contributed by atoms with E-state index in [0.717, 1.165) is 32.9 Å². The van der Waals surface area contributed by atoms with Crippen LogP contribution < -0.4 is 0 Å². The molecule has 0 amide bonds. The van der Waals surface area contributed by atoms with Gasteiger partial charge in [0.15, 0.2) is 0 Å². The molecule has 0 aliphatic rings. The van der Waals surface area contributed by atoms with Gasteiger partial charge in [0.25, 0.3) is 10.1 Å². The fourth-order valence-corrected chi connectivity index (χ4v) is 5.24. The predicted octanol–water partition coefficient (Wildman–Crippen LogP) is 7.76. The second-order valence-corrected chi connectivity index (χ2v) is 10.6. The Morgan fingerprint density at radius 2 is 1.47 bits per heavy atom. The quantitative estimate of drug-likeness (QED) is 0.146. The predicted molar refractivity (Wildman–Crippen MR) is 144 cm³/mol. The van der Waals surface area contributed by atoms with E-state index in [1.165, 1.54) is 29.8 Å². The van der Waals surface area contributed by atoms with Gasteiger partial charge in [-0.25, -0.2) is 4.98 Å². The first-order chi connectivity index (χ1) is 18.2. The van der Waals surface area contributed by atoms with Crippen LogP contribution in [0.25, 0.3) is 20.8 Å². The number of aromatic hydroxyl groups is 2. The first-order valence-corrected chi connectivity index (χ1v) is 13.4. The van der Waals surface area contributed by atoms with E-state index in [2.05, 4.69) is 33.4 Å². The van der Waals surface area contributed by atoms with Crippen molar-refractivity contribution in [3.63, 3.8) is 0 Å². The summed E-state index contributed by atoms with van der Waals surface area (Å²) >= 11 is 1.61. The average Bonchev–Trinajstić information content (AvgIpc) is 3.33. The van der Waals surface area contributed by atoms with Crippen LogP contribution in [-0.2, 0) is 10.1 Å². The summed E-state index contributed by atoms with van der Waals surface area (Å²) in [6.07, 6.45) is 0. The average molecular weight is 546 g/mol. The van der Waals surface area contributed by atoms with Gasteiger partial charge in [0, 0.05) is 11.6 Å². The minimum absolute atomic E-state index is 0.00252. The van der Waals surface area contributed by atoms with Crippen LogP contribution in [0.4, 0.5) is 22.7 Å². The van der Waals surface area contributed by atoms with Crippen molar-refractivity contribution in [2.45, 2.75) is 11.8 Å². The summed E-state index contributed by atoms with van der Waals surface area (Å²) in [5, 5.41) is 35.9. The van der Waals surface area contributed by atoms with Gasteiger partial charge >= 0.3 is 0 Å². The Labute approximate surface area is 221 Å².